The lowest BCUT2D eigenvalue weighted by molar-refractivity contribution is 0.353. The molecule has 0 radical (unpaired) electrons. The van der Waals surface area contributed by atoms with E-state index in [0.29, 0.717) is 17.1 Å². The van der Waals surface area contributed by atoms with Gasteiger partial charge in [-0.05, 0) is 186 Å². The molecule has 0 aromatic heterocycles. The monoisotopic (exact) mass is 1250 g/mol. The second kappa shape index (κ2) is 33.4. The third kappa shape index (κ3) is 22.1. The summed E-state index contributed by atoms with van der Waals surface area (Å²) in [6, 6.07) is 15.4. The topological polar surface area (TPSA) is 90.2 Å². The fourth-order valence-corrected chi connectivity index (χ4v) is 7.06. The summed E-state index contributed by atoms with van der Waals surface area (Å²) in [5.41, 5.74) is 3.96. The summed E-state index contributed by atoms with van der Waals surface area (Å²) in [6.45, 7) is 25.1. The number of rotatable bonds is 9. The summed E-state index contributed by atoms with van der Waals surface area (Å²) >= 11 is 6.51. The normalized spacial score (nSPS) is 10.2. The first-order chi connectivity index (χ1) is 25.7. The number of benzene rings is 4. The largest absolute Gasteiger partial charge is 0.507 e. The van der Waals surface area contributed by atoms with Crippen molar-refractivity contribution < 1.29 is 38.3 Å². The predicted octanol–water partition coefficient (Wildman–Crippen LogP) is 19.6. The standard InChI is InChI=1S/C12H17FO2.C11H14F2O.C11H14I2O.C11H15IO.8CH4/c1-5-12(2,3)8-6-9(13)11(14)10(7-8)15-4;2*1-4-11(2,3)7-5-8(12)10(14)9(13)6-7;1-4-11(2,3)8-5-6-10(13)9(12)7-8;;;;;;;;/h6-7,14H,5H2,1-4H3;2*5-6,14H,4H2,1-3H3;5-7,13H,4H2,1-3H3;8*1H4. The van der Waals surface area contributed by atoms with Gasteiger partial charge < -0.3 is 25.2 Å². The molecule has 0 fully saturated rings. The van der Waals surface area contributed by atoms with E-state index in [2.05, 4.69) is 128 Å². The van der Waals surface area contributed by atoms with Gasteiger partial charge in [-0.2, -0.15) is 0 Å². The molecule has 5 nitrogen and oxygen atoms in total. The molecule has 0 aliphatic rings. The van der Waals surface area contributed by atoms with E-state index in [1.54, 1.807) is 12.1 Å². The number of halogens is 6. The number of hydrogen-bond donors (Lipinski definition) is 4. The summed E-state index contributed by atoms with van der Waals surface area (Å²) in [5, 5.41) is 37.3. The van der Waals surface area contributed by atoms with E-state index < -0.39 is 29.0 Å². The van der Waals surface area contributed by atoms with Crippen LogP contribution in [0.4, 0.5) is 13.2 Å². The third-order valence-corrected chi connectivity index (χ3v) is 13.4. The Hall–Kier alpha value is -2.14. The van der Waals surface area contributed by atoms with Gasteiger partial charge in [0.05, 0.1) is 17.8 Å². The zero-order chi connectivity index (χ0) is 43.6. The molecule has 0 unspecified atom stereocenters. The molecule has 4 aromatic carbocycles. The minimum absolute atomic E-state index is 0. The average Bonchev–Trinajstić information content (AvgIpc) is 3.15. The molecule has 4 N–H and O–H groups in total. The van der Waals surface area contributed by atoms with Gasteiger partial charge in [-0.1, -0.05) is 149 Å². The number of phenolic OH excluding ortho intramolecular Hbond substituents is 4. The van der Waals surface area contributed by atoms with Crippen LogP contribution in [-0.2, 0) is 21.7 Å². The highest BCUT2D eigenvalue weighted by Gasteiger charge is 2.24. The maximum atomic E-state index is 13.4. The highest BCUT2D eigenvalue weighted by molar-refractivity contribution is 14.1. The second-order valence-corrected chi connectivity index (χ2v) is 19.7. The Labute approximate surface area is 433 Å². The SMILES string of the molecule is C.C.C.C.C.C.C.C.CCC(C)(C)c1cc(F)c(O)c(F)c1.CCC(C)(C)c1cc(F)c(O)c(OC)c1.CCC(C)(C)c1cc(I)c(O)c(I)c1.CCC(C)(C)c1ccc(O)c(I)c1. The van der Waals surface area contributed by atoms with Gasteiger partial charge in [0.25, 0.3) is 0 Å². The lowest BCUT2D eigenvalue weighted by atomic mass is 9.82. The van der Waals surface area contributed by atoms with Crippen LogP contribution in [0.1, 0.15) is 190 Å². The molecule has 0 aliphatic carbocycles. The third-order valence-electron chi connectivity index (χ3n) is 10.9. The van der Waals surface area contributed by atoms with E-state index in [0.717, 1.165) is 42.0 Å². The van der Waals surface area contributed by atoms with Crippen LogP contribution >= 0.6 is 67.8 Å². The van der Waals surface area contributed by atoms with Crippen molar-refractivity contribution >= 4 is 67.8 Å². The summed E-state index contributed by atoms with van der Waals surface area (Å²) < 4.78 is 47.1. The average molecular weight is 1250 g/mol. The van der Waals surface area contributed by atoms with Crippen LogP contribution in [0.15, 0.2) is 54.6 Å². The molecule has 0 atom stereocenters. The van der Waals surface area contributed by atoms with E-state index in [-0.39, 0.29) is 86.8 Å². The van der Waals surface area contributed by atoms with Gasteiger partial charge in [0, 0.05) is 0 Å². The molecule has 0 heterocycles. The minimum atomic E-state index is -0.902. The van der Waals surface area contributed by atoms with Crippen molar-refractivity contribution in [1.82, 2.24) is 0 Å². The molecule has 4 aromatic rings. The molecule has 4 rings (SSSR count). The van der Waals surface area contributed by atoms with Crippen molar-refractivity contribution in [3.63, 3.8) is 0 Å². The molecule has 0 saturated carbocycles. The van der Waals surface area contributed by atoms with Crippen LogP contribution in [0.3, 0.4) is 0 Å². The Morgan fingerprint density at radius 1 is 0.422 bits per heavy atom. The lowest BCUT2D eigenvalue weighted by Gasteiger charge is -2.24. The van der Waals surface area contributed by atoms with Crippen LogP contribution in [-0.4, -0.2) is 27.5 Å². The molecular weight excluding hydrogens is 1150 g/mol. The van der Waals surface area contributed by atoms with Gasteiger partial charge in [0.1, 0.15) is 11.5 Å². The molecule has 0 saturated heterocycles. The van der Waals surface area contributed by atoms with Crippen LogP contribution < -0.4 is 4.74 Å². The molecular formula is C53H92F3I3O5. The van der Waals surface area contributed by atoms with E-state index in [9.17, 15) is 28.5 Å². The first-order valence-electron chi connectivity index (χ1n) is 18.6. The summed E-state index contributed by atoms with van der Waals surface area (Å²) in [6.07, 6.45) is 3.87. The van der Waals surface area contributed by atoms with Gasteiger partial charge in [-0.3, -0.25) is 0 Å². The molecule has 0 bridgehead atoms. The number of aromatic hydroxyl groups is 4. The zero-order valence-corrected chi connectivity index (χ0v) is 41.5. The van der Waals surface area contributed by atoms with Crippen LogP contribution in [0.2, 0.25) is 0 Å². The highest BCUT2D eigenvalue weighted by atomic mass is 127. The Morgan fingerprint density at radius 2 is 0.703 bits per heavy atom. The maximum Gasteiger partial charge on any atom is 0.194 e. The zero-order valence-electron chi connectivity index (χ0n) is 35.0. The van der Waals surface area contributed by atoms with Gasteiger partial charge >= 0.3 is 0 Å². The Balaban J connectivity index is -0.000000105. The molecule has 0 amide bonds. The fraction of sp³-hybridized carbons (Fsp3) is 0.547. The first kappa shape index (κ1) is 79.0. The van der Waals surface area contributed by atoms with E-state index in [1.807, 2.05) is 47.6 Å². The minimum Gasteiger partial charge on any atom is -0.507 e. The summed E-state index contributed by atoms with van der Waals surface area (Å²) in [7, 11) is 1.41. The number of ether oxygens (including phenoxy) is 1. The second-order valence-electron chi connectivity index (χ2n) is 16.2. The molecule has 64 heavy (non-hydrogen) atoms. The maximum absolute atomic E-state index is 13.4. The van der Waals surface area contributed by atoms with Crippen LogP contribution in [0.5, 0.6) is 28.7 Å². The Bertz CT molecular complexity index is 1800. The van der Waals surface area contributed by atoms with E-state index >= 15 is 0 Å². The van der Waals surface area contributed by atoms with Gasteiger partial charge in [0.15, 0.2) is 34.7 Å². The predicted molar refractivity (Wildman–Crippen MR) is 304 cm³/mol. The van der Waals surface area contributed by atoms with Crippen molar-refractivity contribution in [2.24, 2.45) is 0 Å². The van der Waals surface area contributed by atoms with Crippen molar-refractivity contribution in [1.29, 1.82) is 0 Å². The Kier molecular flexibility index (Phi) is 41.2. The van der Waals surface area contributed by atoms with Crippen molar-refractivity contribution in [2.75, 3.05) is 7.11 Å². The summed E-state index contributed by atoms with van der Waals surface area (Å²) in [5.74, 6) is -2.80. The molecule has 11 heteroatoms. The fourth-order valence-electron chi connectivity index (χ4n) is 4.78. The van der Waals surface area contributed by atoms with Crippen molar-refractivity contribution in [3.05, 3.63) is 105 Å². The van der Waals surface area contributed by atoms with Crippen molar-refractivity contribution in [3.8, 4) is 28.7 Å². The van der Waals surface area contributed by atoms with E-state index in [1.165, 1.54) is 36.4 Å². The van der Waals surface area contributed by atoms with Gasteiger partial charge in [-0.25, -0.2) is 13.2 Å². The van der Waals surface area contributed by atoms with Crippen LogP contribution in [0, 0.1) is 28.2 Å². The Morgan fingerprint density at radius 3 is 1.02 bits per heavy atom. The number of methoxy groups -OCH3 is 1. The number of hydrogen-bond acceptors (Lipinski definition) is 5. The molecule has 0 spiro atoms. The highest BCUT2D eigenvalue weighted by Crippen LogP contribution is 2.37. The smallest absolute Gasteiger partial charge is 0.194 e. The van der Waals surface area contributed by atoms with Crippen molar-refractivity contribution in [2.45, 2.75) is 190 Å². The quantitative estimate of drug-likeness (QED) is 0.125. The summed E-state index contributed by atoms with van der Waals surface area (Å²) in [4.78, 5) is 0. The van der Waals surface area contributed by atoms with Gasteiger partial charge in [-0.15, -0.1) is 0 Å². The van der Waals surface area contributed by atoms with E-state index in [4.69, 9.17) is 9.84 Å². The molecule has 376 valence electrons. The molecule has 0 aliphatic heterocycles. The number of phenols is 4. The van der Waals surface area contributed by atoms with Gasteiger partial charge in [0.2, 0.25) is 0 Å². The van der Waals surface area contributed by atoms with Crippen LogP contribution in [0.25, 0.3) is 0 Å². The lowest BCUT2D eigenvalue weighted by Crippen LogP contribution is -2.16. The first-order valence-corrected chi connectivity index (χ1v) is 21.8.